The van der Waals surface area contributed by atoms with Crippen LogP contribution in [0.25, 0.3) is 0 Å². The van der Waals surface area contributed by atoms with E-state index in [1.807, 2.05) is 12.3 Å². The fraction of sp³-hybridized carbons (Fsp3) is 0.304. The third-order valence-corrected chi connectivity index (χ3v) is 7.06. The highest BCUT2D eigenvalue weighted by atomic mass is 32.2. The summed E-state index contributed by atoms with van der Waals surface area (Å²) in [7, 11) is -2.41. The minimum atomic E-state index is -3.81. The zero-order valence-electron chi connectivity index (χ0n) is 18.9. The van der Waals surface area contributed by atoms with E-state index in [4.69, 9.17) is 9.47 Å². The van der Waals surface area contributed by atoms with Gasteiger partial charge in [-0.15, -0.1) is 0 Å². The summed E-state index contributed by atoms with van der Waals surface area (Å²) in [5.41, 5.74) is 0.729. The number of hydrogen-bond donors (Lipinski definition) is 1. The molecule has 0 fully saturated rings. The van der Waals surface area contributed by atoms with Gasteiger partial charge in [0.15, 0.2) is 0 Å². The molecule has 2 aromatic carbocycles. The first-order chi connectivity index (χ1) is 15.9. The molecule has 0 atom stereocenters. The van der Waals surface area contributed by atoms with Gasteiger partial charge < -0.3 is 14.8 Å². The molecule has 0 saturated carbocycles. The van der Waals surface area contributed by atoms with Crippen molar-refractivity contribution in [1.29, 1.82) is 0 Å². The van der Waals surface area contributed by atoms with Crippen molar-refractivity contribution < 1.29 is 22.7 Å². The van der Waals surface area contributed by atoms with Crippen molar-refractivity contribution in [2.24, 2.45) is 0 Å². The van der Waals surface area contributed by atoms with Crippen LogP contribution in [0.5, 0.6) is 11.5 Å². The first-order valence-corrected chi connectivity index (χ1v) is 12.0. The fourth-order valence-corrected chi connectivity index (χ4v) is 4.92. The smallest absolute Gasteiger partial charge is 0.255 e. The van der Waals surface area contributed by atoms with E-state index in [1.165, 1.54) is 29.6 Å². The van der Waals surface area contributed by atoms with Crippen LogP contribution in [-0.2, 0) is 16.6 Å². The number of amides is 1. The van der Waals surface area contributed by atoms with Crippen LogP contribution in [-0.4, -0.2) is 55.2 Å². The number of aromatic nitrogens is 2. The molecule has 0 radical (unpaired) electrons. The lowest BCUT2D eigenvalue weighted by Gasteiger charge is -2.20. The van der Waals surface area contributed by atoms with Crippen molar-refractivity contribution in [3.8, 4) is 11.5 Å². The molecular formula is C23H28N4O5S. The maximum atomic E-state index is 13.0. The van der Waals surface area contributed by atoms with Gasteiger partial charge in [0.25, 0.3) is 5.91 Å². The third kappa shape index (κ3) is 5.91. The molecule has 1 amide bonds. The van der Waals surface area contributed by atoms with Crippen LogP contribution in [0, 0.1) is 0 Å². The molecule has 0 bridgehead atoms. The second-order valence-corrected chi connectivity index (χ2v) is 8.96. The van der Waals surface area contributed by atoms with Crippen LogP contribution in [0.3, 0.4) is 0 Å². The summed E-state index contributed by atoms with van der Waals surface area (Å²) in [4.78, 5) is 12.8. The number of nitrogens with one attached hydrogen (secondary N) is 1. The number of rotatable bonds is 11. The largest absolute Gasteiger partial charge is 0.495 e. The minimum absolute atomic E-state index is 0.0444. The Morgan fingerprint density at radius 3 is 2.58 bits per heavy atom. The molecule has 9 nitrogen and oxygen atoms in total. The molecule has 0 unspecified atom stereocenters. The van der Waals surface area contributed by atoms with E-state index in [0.29, 0.717) is 37.7 Å². The van der Waals surface area contributed by atoms with Gasteiger partial charge in [0.2, 0.25) is 10.0 Å². The zero-order valence-corrected chi connectivity index (χ0v) is 19.7. The molecule has 0 aliphatic carbocycles. The lowest BCUT2D eigenvalue weighted by molar-refractivity contribution is 0.102. The fourth-order valence-electron chi connectivity index (χ4n) is 3.28. The average molecular weight is 473 g/mol. The molecule has 0 aliphatic rings. The topological polar surface area (TPSA) is 103 Å². The maximum Gasteiger partial charge on any atom is 0.255 e. The third-order valence-electron chi connectivity index (χ3n) is 4.99. The number of anilines is 1. The number of hydrogen-bond acceptors (Lipinski definition) is 6. The SMILES string of the molecule is CCN(CC)S(=O)(=O)c1cc(C(=O)Nc2cccc(OCCn3cccn3)c2)ccc1OC. The lowest BCUT2D eigenvalue weighted by Crippen LogP contribution is -2.31. The molecule has 1 aromatic heterocycles. The van der Waals surface area contributed by atoms with Crippen molar-refractivity contribution in [1.82, 2.24) is 14.1 Å². The second-order valence-electron chi connectivity index (χ2n) is 7.05. The Bertz CT molecular complexity index is 1180. The van der Waals surface area contributed by atoms with Crippen LogP contribution < -0.4 is 14.8 Å². The van der Waals surface area contributed by atoms with Gasteiger partial charge >= 0.3 is 0 Å². The number of carbonyl (C=O) groups is 1. The van der Waals surface area contributed by atoms with E-state index in [1.54, 1.807) is 49.0 Å². The Hall–Kier alpha value is -3.37. The standard InChI is InChI=1S/C23H28N4O5S/c1-4-27(5-2)33(29,30)22-16-18(10-11-21(22)31-3)23(28)25-19-8-6-9-20(17-19)32-15-14-26-13-7-12-24-26/h6-13,16-17H,4-5,14-15H2,1-3H3,(H,25,28). The van der Waals surface area contributed by atoms with Gasteiger partial charge in [0, 0.05) is 42.8 Å². The summed E-state index contributed by atoms with van der Waals surface area (Å²) >= 11 is 0. The summed E-state index contributed by atoms with van der Waals surface area (Å²) < 4.78 is 40.1. The molecule has 176 valence electrons. The van der Waals surface area contributed by atoms with Crippen molar-refractivity contribution in [3.05, 3.63) is 66.5 Å². The molecule has 0 aliphatic heterocycles. The van der Waals surface area contributed by atoms with Crippen LogP contribution in [0.15, 0.2) is 65.8 Å². The summed E-state index contributed by atoms with van der Waals surface area (Å²) in [6, 6.07) is 13.2. The molecule has 3 aromatic rings. The van der Waals surface area contributed by atoms with Crippen molar-refractivity contribution in [2.75, 3.05) is 32.1 Å². The van der Waals surface area contributed by atoms with Gasteiger partial charge in [-0.2, -0.15) is 9.40 Å². The van der Waals surface area contributed by atoms with E-state index in [0.717, 1.165) is 0 Å². The van der Waals surface area contributed by atoms with Gasteiger partial charge in [-0.1, -0.05) is 19.9 Å². The first kappa shape index (κ1) is 24.3. The number of sulfonamides is 1. The molecule has 10 heteroatoms. The van der Waals surface area contributed by atoms with E-state index >= 15 is 0 Å². The summed E-state index contributed by atoms with van der Waals surface area (Å²) in [6.07, 6.45) is 3.55. The quantitative estimate of drug-likeness (QED) is 0.460. The molecule has 0 spiro atoms. The van der Waals surface area contributed by atoms with Gasteiger partial charge in [-0.25, -0.2) is 8.42 Å². The number of carbonyl (C=O) groups excluding carboxylic acids is 1. The highest BCUT2D eigenvalue weighted by Gasteiger charge is 2.26. The number of methoxy groups -OCH3 is 1. The van der Waals surface area contributed by atoms with Crippen molar-refractivity contribution in [2.45, 2.75) is 25.3 Å². The highest BCUT2D eigenvalue weighted by molar-refractivity contribution is 7.89. The Morgan fingerprint density at radius 1 is 1.12 bits per heavy atom. The van der Waals surface area contributed by atoms with Gasteiger partial charge in [-0.3, -0.25) is 9.48 Å². The van der Waals surface area contributed by atoms with E-state index in [2.05, 4.69) is 10.4 Å². The maximum absolute atomic E-state index is 13.0. The van der Waals surface area contributed by atoms with E-state index in [9.17, 15) is 13.2 Å². The van der Waals surface area contributed by atoms with Gasteiger partial charge in [0.1, 0.15) is 23.0 Å². The number of ether oxygens (including phenoxy) is 2. The first-order valence-electron chi connectivity index (χ1n) is 10.6. The average Bonchev–Trinajstić information content (AvgIpc) is 3.33. The monoisotopic (exact) mass is 472 g/mol. The molecule has 33 heavy (non-hydrogen) atoms. The predicted molar refractivity (Wildman–Crippen MR) is 125 cm³/mol. The van der Waals surface area contributed by atoms with Crippen molar-refractivity contribution >= 4 is 21.6 Å². The summed E-state index contributed by atoms with van der Waals surface area (Å²) in [5, 5.41) is 6.91. The van der Waals surface area contributed by atoms with Crippen LogP contribution in [0.4, 0.5) is 5.69 Å². The molecule has 1 heterocycles. The zero-order chi connectivity index (χ0) is 23.8. The number of nitrogens with zero attached hydrogens (tertiary/aromatic N) is 3. The Morgan fingerprint density at radius 2 is 1.91 bits per heavy atom. The lowest BCUT2D eigenvalue weighted by atomic mass is 10.2. The Labute approximate surface area is 194 Å². The summed E-state index contributed by atoms with van der Waals surface area (Å²) in [6.45, 7) is 5.16. The molecular weight excluding hydrogens is 444 g/mol. The van der Waals surface area contributed by atoms with Crippen LogP contribution >= 0.6 is 0 Å². The Balaban J connectivity index is 1.75. The predicted octanol–water partition coefficient (Wildman–Crippen LogP) is 3.25. The van der Waals surface area contributed by atoms with E-state index in [-0.39, 0.29) is 16.2 Å². The molecule has 1 N–H and O–H groups in total. The molecule has 3 rings (SSSR count). The van der Waals surface area contributed by atoms with Gasteiger partial charge in [0.05, 0.1) is 13.7 Å². The molecule has 0 saturated heterocycles. The van der Waals surface area contributed by atoms with Crippen molar-refractivity contribution in [3.63, 3.8) is 0 Å². The van der Waals surface area contributed by atoms with Crippen LogP contribution in [0.1, 0.15) is 24.2 Å². The van der Waals surface area contributed by atoms with Gasteiger partial charge in [-0.05, 0) is 36.4 Å². The summed E-state index contributed by atoms with van der Waals surface area (Å²) in [5.74, 6) is 0.341. The Kier molecular flexibility index (Phi) is 8.07. The second kappa shape index (κ2) is 11.0. The van der Waals surface area contributed by atoms with Crippen LogP contribution in [0.2, 0.25) is 0 Å². The highest BCUT2D eigenvalue weighted by Crippen LogP contribution is 2.28. The number of benzene rings is 2. The van der Waals surface area contributed by atoms with E-state index < -0.39 is 15.9 Å². The minimum Gasteiger partial charge on any atom is -0.495 e. The normalized spacial score (nSPS) is 11.4.